The van der Waals surface area contributed by atoms with E-state index < -0.39 is 11.2 Å². The van der Waals surface area contributed by atoms with Gasteiger partial charge >= 0.3 is 5.69 Å². The summed E-state index contributed by atoms with van der Waals surface area (Å²) in [6.45, 7) is 0. The lowest BCUT2D eigenvalue weighted by Crippen LogP contribution is -2.32. The maximum absolute atomic E-state index is 12.4. The molecule has 3 aromatic rings. The molecule has 0 radical (unpaired) electrons. The van der Waals surface area contributed by atoms with Crippen LogP contribution in [-0.4, -0.2) is 23.0 Å². The van der Waals surface area contributed by atoms with E-state index in [1.54, 1.807) is 36.4 Å². The van der Waals surface area contributed by atoms with E-state index in [0.29, 0.717) is 31.7 Å². The van der Waals surface area contributed by atoms with Gasteiger partial charge in [-0.15, -0.1) is 4.68 Å². The minimum Gasteiger partial charge on any atom is -0.495 e. The summed E-state index contributed by atoms with van der Waals surface area (Å²) in [5.41, 5.74) is -0.154. The minimum absolute atomic E-state index is 0.369. The third kappa shape index (κ3) is 3.00. The summed E-state index contributed by atoms with van der Waals surface area (Å²) in [4.78, 5) is 27.1. The van der Waals surface area contributed by atoms with Crippen LogP contribution in [-0.2, 0) is 0 Å². The Hall–Kier alpha value is -2.38. The van der Waals surface area contributed by atoms with Crippen LogP contribution in [0.15, 0.2) is 55.6 Å². The normalized spacial score (nSPS) is 11.3. The SMILES string of the molecule is COc1c(Br)cc(Cl)cc1C=Nn1c(=O)[nH]c2ccccc2c1=O. The summed E-state index contributed by atoms with van der Waals surface area (Å²) in [6.07, 6.45) is 1.35. The molecule has 0 bridgehead atoms. The highest BCUT2D eigenvalue weighted by atomic mass is 79.9. The van der Waals surface area contributed by atoms with Gasteiger partial charge in [-0.25, -0.2) is 4.79 Å². The first-order valence-electron chi connectivity index (χ1n) is 6.82. The quantitative estimate of drug-likeness (QED) is 0.677. The summed E-state index contributed by atoms with van der Waals surface area (Å²) in [5, 5.41) is 4.82. The number of fused-ring (bicyclic) bond motifs is 1. The lowest BCUT2D eigenvalue weighted by atomic mass is 10.2. The van der Waals surface area contributed by atoms with E-state index in [0.717, 1.165) is 4.68 Å². The van der Waals surface area contributed by atoms with Gasteiger partial charge in [0.15, 0.2) is 0 Å². The average molecular weight is 409 g/mol. The second-order valence-electron chi connectivity index (χ2n) is 4.85. The van der Waals surface area contributed by atoms with Crippen LogP contribution in [0.3, 0.4) is 0 Å². The van der Waals surface area contributed by atoms with Crippen LogP contribution in [0.2, 0.25) is 5.02 Å². The summed E-state index contributed by atoms with van der Waals surface area (Å²) in [6, 6.07) is 10.0. The molecule has 0 aliphatic heterocycles. The van der Waals surface area contributed by atoms with Crippen molar-refractivity contribution in [2.75, 3.05) is 7.11 Å². The van der Waals surface area contributed by atoms with Gasteiger partial charge in [-0.1, -0.05) is 23.7 Å². The number of benzene rings is 2. The third-order valence-electron chi connectivity index (χ3n) is 3.34. The zero-order chi connectivity index (χ0) is 17.3. The van der Waals surface area contributed by atoms with Crippen molar-refractivity contribution < 1.29 is 4.74 Å². The van der Waals surface area contributed by atoms with Gasteiger partial charge in [0.25, 0.3) is 5.56 Å². The Morgan fingerprint density at radius 1 is 1.29 bits per heavy atom. The van der Waals surface area contributed by atoms with Gasteiger partial charge in [0.05, 0.1) is 28.7 Å². The van der Waals surface area contributed by atoms with Crippen LogP contribution in [0, 0.1) is 0 Å². The second kappa shape index (κ2) is 6.62. The molecule has 0 spiro atoms. The Balaban J connectivity index is 2.16. The van der Waals surface area contributed by atoms with E-state index in [9.17, 15) is 9.59 Å². The van der Waals surface area contributed by atoms with E-state index in [1.807, 2.05) is 0 Å². The molecule has 24 heavy (non-hydrogen) atoms. The maximum Gasteiger partial charge on any atom is 0.349 e. The highest BCUT2D eigenvalue weighted by Crippen LogP contribution is 2.31. The molecule has 1 heterocycles. The van der Waals surface area contributed by atoms with Gasteiger partial charge < -0.3 is 9.72 Å². The third-order valence-corrected chi connectivity index (χ3v) is 4.14. The highest BCUT2D eigenvalue weighted by Gasteiger charge is 2.09. The van der Waals surface area contributed by atoms with Crippen LogP contribution < -0.4 is 16.0 Å². The molecule has 6 nitrogen and oxygen atoms in total. The zero-order valence-corrected chi connectivity index (χ0v) is 14.8. The molecule has 2 aromatic carbocycles. The number of H-pyrrole nitrogens is 1. The van der Waals surface area contributed by atoms with Gasteiger partial charge in [0, 0.05) is 10.6 Å². The van der Waals surface area contributed by atoms with Crippen LogP contribution in [0.25, 0.3) is 10.9 Å². The molecule has 0 atom stereocenters. The minimum atomic E-state index is -0.630. The topological polar surface area (TPSA) is 76.5 Å². The number of nitrogens with zero attached hydrogens (tertiary/aromatic N) is 2. The Bertz CT molecular complexity index is 1070. The standard InChI is InChI=1S/C16H11BrClN3O3/c1-24-14-9(6-10(18)7-12(14)17)8-19-21-15(22)11-4-2-3-5-13(11)20-16(21)23/h2-8H,1H3,(H,20,23). The second-order valence-corrected chi connectivity index (χ2v) is 6.14. The van der Waals surface area contributed by atoms with Crippen molar-refractivity contribution in [3.8, 4) is 5.75 Å². The lowest BCUT2D eigenvalue weighted by Gasteiger charge is -2.07. The van der Waals surface area contributed by atoms with Crippen molar-refractivity contribution >= 4 is 44.6 Å². The Morgan fingerprint density at radius 3 is 2.79 bits per heavy atom. The molecule has 8 heteroatoms. The fraction of sp³-hybridized carbons (Fsp3) is 0.0625. The summed E-state index contributed by atoms with van der Waals surface area (Å²) in [7, 11) is 1.50. The van der Waals surface area contributed by atoms with Crippen LogP contribution in [0.1, 0.15) is 5.56 Å². The summed E-state index contributed by atoms with van der Waals surface area (Å²) >= 11 is 9.36. The first-order chi connectivity index (χ1) is 11.5. The zero-order valence-electron chi connectivity index (χ0n) is 12.4. The fourth-order valence-electron chi connectivity index (χ4n) is 2.27. The molecule has 122 valence electrons. The molecule has 0 saturated carbocycles. The molecule has 1 N–H and O–H groups in total. The average Bonchev–Trinajstić information content (AvgIpc) is 2.54. The number of hydrogen-bond donors (Lipinski definition) is 1. The van der Waals surface area contributed by atoms with Crippen LogP contribution in [0.4, 0.5) is 0 Å². The molecule has 1 aromatic heterocycles. The number of aromatic amines is 1. The van der Waals surface area contributed by atoms with Gasteiger partial charge in [-0.3, -0.25) is 4.79 Å². The molecule has 0 aliphatic rings. The predicted octanol–water partition coefficient (Wildman–Crippen LogP) is 3.00. The van der Waals surface area contributed by atoms with Crippen LogP contribution >= 0.6 is 27.5 Å². The maximum atomic E-state index is 12.4. The van der Waals surface area contributed by atoms with E-state index in [1.165, 1.54) is 13.3 Å². The van der Waals surface area contributed by atoms with Crippen molar-refractivity contribution in [2.24, 2.45) is 5.10 Å². The smallest absolute Gasteiger partial charge is 0.349 e. The Kier molecular flexibility index (Phi) is 4.55. The monoisotopic (exact) mass is 407 g/mol. The van der Waals surface area contributed by atoms with Crippen molar-refractivity contribution in [1.82, 2.24) is 9.66 Å². The number of halogens is 2. The van der Waals surface area contributed by atoms with Crippen molar-refractivity contribution in [2.45, 2.75) is 0 Å². The number of ether oxygens (including phenoxy) is 1. The molecule has 0 saturated heterocycles. The van der Waals surface area contributed by atoms with Gasteiger partial charge in [-0.2, -0.15) is 5.10 Å². The van der Waals surface area contributed by atoms with Gasteiger partial charge in [-0.05, 0) is 40.2 Å². The predicted molar refractivity (Wildman–Crippen MR) is 97.5 cm³/mol. The number of para-hydroxylation sites is 1. The molecule has 0 aliphatic carbocycles. The molecule has 3 rings (SSSR count). The van der Waals surface area contributed by atoms with Gasteiger partial charge in [0.1, 0.15) is 5.75 Å². The summed E-state index contributed by atoms with van der Waals surface area (Å²) in [5.74, 6) is 0.494. The molecule has 0 fully saturated rings. The van der Waals surface area contributed by atoms with Crippen molar-refractivity contribution in [1.29, 1.82) is 0 Å². The summed E-state index contributed by atoms with van der Waals surface area (Å²) < 4.78 is 6.68. The van der Waals surface area contributed by atoms with E-state index in [4.69, 9.17) is 16.3 Å². The van der Waals surface area contributed by atoms with E-state index in [2.05, 4.69) is 26.0 Å². The largest absolute Gasteiger partial charge is 0.495 e. The van der Waals surface area contributed by atoms with Crippen LogP contribution in [0.5, 0.6) is 5.75 Å². The Labute approximate surface area is 149 Å². The number of aromatic nitrogens is 2. The van der Waals surface area contributed by atoms with E-state index >= 15 is 0 Å². The van der Waals surface area contributed by atoms with Crippen molar-refractivity contribution in [3.05, 3.63) is 72.3 Å². The fourth-order valence-corrected chi connectivity index (χ4v) is 3.27. The molecule has 0 unspecified atom stereocenters. The number of hydrogen-bond acceptors (Lipinski definition) is 4. The first-order valence-corrected chi connectivity index (χ1v) is 8.00. The van der Waals surface area contributed by atoms with Gasteiger partial charge in [0.2, 0.25) is 0 Å². The Morgan fingerprint density at radius 2 is 2.04 bits per heavy atom. The highest BCUT2D eigenvalue weighted by molar-refractivity contribution is 9.10. The lowest BCUT2D eigenvalue weighted by molar-refractivity contribution is 0.411. The number of methoxy groups -OCH3 is 1. The van der Waals surface area contributed by atoms with Crippen molar-refractivity contribution in [3.63, 3.8) is 0 Å². The molecule has 0 amide bonds. The number of nitrogens with one attached hydrogen (secondary N) is 1. The first kappa shape index (κ1) is 16.5. The van der Waals surface area contributed by atoms with E-state index in [-0.39, 0.29) is 0 Å². The molecular formula is C16H11BrClN3O3. The molecular weight excluding hydrogens is 398 g/mol. The number of rotatable bonds is 3.